The maximum absolute atomic E-state index is 12.0. The molecule has 5 nitrogen and oxygen atoms in total. The third-order valence-electron chi connectivity index (χ3n) is 4.87. The van der Waals surface area contributed by atoms with Gasteiger partial charge in [0.1, 0.15) is 11.7 Å². The van der Waals surface area contributed by atoms with Crippen LogP contribution < -0.4 is 0 Å². The van der Waals surface area contributed by atoms with Crippen LogP contribution in [-0.4, -0.2) is 37.9 Å². The predicted molar refractivity (Wildman–Crippen MR) is 76.6 cm³/mol. The van der Waals surface area contributed by atoms with E-state index < -0.39 is 17.7 Å². The fourth-order valence-corrected chi connectivity index (χ4v) is 3.94. The summed E-state index contributed by atoms with van der Waals surface area (Å²) < 4.78 is 16.6. The maximum Gasteiger partial charge on any atom is 0.316 e. The molecule has 1 aliphatic carbocycles. The lowest BCUT2D eigenvalue weighted by Crippen LogP contribution is -2.41. The zero-order chi connectivity index (χ0) is 15.5. The molecule has 120 valence electrons. The Morgan fingerprint density at radius 3 is 2.52 bits per heavy atom. The van der Waals surface area contributed by atoms with Gasteiger partial charge in [-0.2, -0.15) is 0 Å². The van der Waals surface area contributed by atoms with Gasteiger partial charge in [-0.05, 0) is 25.7 Å². The quantitative estimate of drug-likeness (QED) is 0.556. The summed E-state index contributed by atoms with van der Waals surface area (Å²) in [6.45, 7) is 4.80. The van der Waals surface area contributed by atoms with Gasteiger partial charge in [-0.25, -0.2) is 0 Å². The number of rotatable bonds is 6. The molecule has 0 aromatic heterocycles. The van der Waals surface area contributed by atoms with Crippen molar-refractivity contribution in [2.75, 3.05) is 20.3 Å². The molecule has 1 aliphatic heterocycles. The van der Waals surface area contributed by atoms with E-state index in [4.69, 9.17) is 14.2 Å². The van der Waals surface area contributed by atoms with Gasteiger partial charge >= 0.3 is 5.97 Å². The van der Waals surface area contributed by atoms with Crippen LogP contribution in [0.4, 0.5) is 0 Å². The van der Waals surface area contributed by atoms with Crippen LogP contribution in [0.15, 0.2) is 0 Å². The fraction of sp³-hybridized carbons (Fsp3) is 0.875. The third-order valence-corrected chi connectivity index (χ3v) is 4.87. The lowest BCUT2D eigenvalue weighted by atomic mass is 9.78. The number of ketones is 1. The molecular weight excluding hydrogens is 272 g/mol. The largest absolute Gasteiger partial charge is 0.468 e. The summed E-state index contributed by atoms with van der Waals surface area (Å²) in [7, 11) is 1.34. The standard InChI is InChI=1S/C16H26O5/c1-4-5-6-13-12(14(11(2)17)15(18)19-3)7-8-16(13)20-9-10-21-16/h12-14H,4-10H2,1-3H3. The molecule has 1 heterocycles. The number of Topliss-reactive ketones (excluding diaryl/α,β-unsaturated/α-hetero) is 1. The van der Waals surface area contributed by atoms with Crippen LogP contribution >= 0.6 is 0 Å². The summed E-state index contributed by atoms with van der Waals surface area (Å²) in [5, 5.41) is 0. The van der Waals surface area contributed by atoms with E-state index in [1.54, 1.807) is 0 Å². The molecule has 3 atom stereocenters. The van der Waals surface area contributed by atoms with Crippen molar-refractivity contribution < 1.29 is 23.8 Å². The second kappa shape index (κ2) is 6.88. The van der Waals surface area contributed by atoms with Gasteiger partial charge in [-0.3, -0.25) is 9.59 Å². The van der Waals surface area contributed by atoms with Crippen LogP contribution in [0.5, 0.6) is 0 Å². The average Bonchev–Trinajstić information content (AvgIpc) is 3.06. The molecule has 2 aliphatic rings. The van der Waals surface area contributed by atoms with E-state index in [9.17, 15) is 9.59 Å². The third kappa shape index (κ3) is 3.14. The zero-order valence-corrected chi connectivity index (χ0v) is 13.2. The van der Waals surface area contributed by atoms with E-state index in [2.05, 4.69) is 6.92 Å². The SMILES string of the molecule is CCCCC1C(C(C(C)=O)C(=O)OC)CCC12OCCO2. The van der Waals surface area contributed by atoms with Crippen molar-refractivity contribution in [1.29, 1.82) is 0 Å². The van der Waals surface area contributed by atoms with E-state index in [0.29, 0.717) is 13.2 Å². The summed E-state index contributed by atoms with van der Waals surface area (Å²) in [5.74, 6) is -1.77. The fourth-order valence-electron chi connectivity index (χ4n) is 3.94. The van der Waals surface area contributed by atoms with Crippen LogP contribution in [0.3, 0.4) is 0 Å². The molecule has 3 unspecified atom stereocenters. The van der Waals surface area contributed by atoms with Gasteiger partial charge in [-0.15, -0.1) is 0 Å². The first-order valence-electron chi connectivity index (χ1n) is 7.92. The number of hydrogen-bond acceptors (Lipinski definition) is 5. The molecule has 0 bridgehead atoms. The van der Waals surface area contributed by atoms with E-state index in [-0.39, 0.29) is 17.6 Å². The normalized spacial score (nSPS) is 28.7. The summed E-state index contributed by atoms with van der Waals surface area (Å²) in [5.41, 5.74) is 0. The molecule has 5 heteroatoms. The van der Waals surface area contributed by atoms with Crippen molar-refractivity contribution in [3.05, 3.63) is 0 Å². The summed E-state index contributed by atoms with van der Waals surface area (Å²) in [6, 6.07) is 0. The highest BCUT2D eigenvalue weighted by molar-refractivity contribution is 5.98. The molecule has 0 N–H and O–H groups in total. The van der Waals surface area contributed by atoms with Gasteiger partial charge in [0, 0.05) is 12.3 Å². The van der Waals surface area contributed by atoms with Crippen molar-refractivity contribution in [2.45, 2.75) is 51.7 Å². The highest BCUT2D eigenvalue weighted by atomic mass is 16.7. The Hall–Kier alpha value is -0.940. The molecule has 0 amide bonds. The molecule has 0 aromatic carbocycles. The minimum absolute atomic E-state index is 0.0420. The summed E-state index contributed by atoms with van der Waals surface area (Å²) >= 11 is 0. The Bertz CT molecular complexity index is 386. The first kappa shape index (κ1) is 16.4. The van der Waals surface area contributed by atoms with Crippen molar-refractivity contribution in [1.82, 2.24) is 0 Å². The van der Waals surface area contributed by atoms with E-state index >= 15 is 0 Å². The second-order valence-electron chi connectivity index (χ2n) is 6.07. The highest BCUT2D eigenvalue weighted by Crippen LogP contribution is 2.51. The van der Waals surface area contributed by atoms with Crippen LogP contribution in [0.2, 0.25) is 0 Å². The van der Waals surface area contributed by atoms with Crippen molar-refractivity contribution in [3.8, 4) is 0 Å². The van der Waals surface area contributed by atoms with E-state index in [0.717, 1.165) is 32.1 Å². The maximum atomic E-state index is 12.0. The first-order chi connectivity index (χ1) is 10.1. The number of carbonyl (C=O) groups is 2. The molecular formula is C16H26O5. The minimum atomic E-state index is -0.691. The summed E-state index contributed by atoms with van der Waals surface area (Å²) in [4.78, 5) is 24.0. The zero-order valence-electron chi connectivity index (χ0n) is 13.2. The van der Waals surface area contributed by atoms with Crippen molar-refractivity contribution in [3.63, 3.8) is 0 Å². The van der Waals surface area contributed by atoms with Gasteiger partial charge in [0.25, 0.3) is 0 Å². The van der Waals surface area contributed by atoms with E-state index in [1.165, 1.54) is 14.0 Å². The Morgan fingerprint density at radius 2 is 2.00 bits per heavy atom. The Morgan fingerprint density at radius 1 is 1.33 bits per heavy atom. The second-order valence-corrected chi connectivity index (χ2v) is 6.07. The average molecular weight is 298 g/mol. The van der Waals surface area contributed by atoms with Gasteiger partial charge < -0.3 is 14.2 Å². The molecule has 1 spiro atoms. The van der Waals surface area contributed by atoms with Crippen LogP contribution in [0.1, 0.15) is 46.0 Å². The molecule has 1 saturated heterocycles. The molecule has 1 saturated carbocycles. The van der Waals surface area contributed by atoms with Crippen LogP contribution in [0, 0.1) is 17.8 Å². The lowest BCUT2D eigenvalue weighted by Gasteiger charge is -2.34. The van der Waals surface area contributed by atoms with E-state index in [1.807, 2.05) is 0 Å². The van der Waals surface area contributed by atoms with Gasteiger partial charge in [-0.1, -0.05) is 19.8 Å². The van der Waals surface area contributed by atoms with Crippen LogP contribution in [-0.2, 0) is 23.8 Å². The van der Waals surface area contributed by atoms with Crippen molar-refractivity contribution in [2.24, 2.45) is 17.8 Å². The smallest absolute Gasteiger partial charge is 0.316 e. The molecule has 0 radical (unpaired) electrons. The molecule has 0 aromatic rings. The number of ether oxygens (including phenoxy) is 3. The number of methoxy groups -OCH3 is 1. The number of unbranched alkanes of at least 4 members (excludes halogenated alkanes) is 1. The lowest BCUT2D eigenvalue weighted by molar-refractivity contribution is -0.191. The predicted octanol–water partition coefficient (Wildman–Crippen LogP) is 2.32. The monoisotopic (exact) mass is 298 g/mol. The number of esters is 1. The molecule has 2 fully saturated rings. The Kier molecular flexibility index (Phi) is 5.38. The van der Waals surface area contributed by atoms with Gasteiger partial charge in [0.2, 0.25) is 0 Å². The Balaban J connectivity index is 2.23. The summed E-state index contributed by atoms with van der Waals surface area (Å²) in [6.07, 6.45) is 4.56. The van der Waals surface area contributed by atoms with Crippen LogP contribution in [0.25, 0.3) is 0 Å². The van der Waals surface area contributed by atoms with Crippen molar-refractivity contribution >= 4 is 11.8 Å². The van der Waals surface area contributed by atoms with Gasteiger partial charge in [0.05, 0.1) is 20.3 Å². The highest BCUT2D eigenvalue weighted by Gasteiger charge is 2.56. The van der Waals surface area contributed by atoms with Gasteiger partial charge in [0.15, 0.2) is 5.79 Å². The first-order valence-corrected chi connectivity index (χ1v) is 7.92. The Labute approximate surface area is 126 Å². The molecule has 21 heavy (non-hydrogen) atoms. The number of carbonyl (C=O) groups excluding carboxylic acids is 2. The topological polar surface area (TPSA) is 61.8 Å². The minimum Gasteiger partial charge on any atom is -0.468 e. The molecule has 2 rings (SSSR count). The number of hydrogen-bond donors (Lipinski definition) is 0.